The lowest BCUT2D eigenvalue weighted by molar-refractivity contribution is -0.137. The van der Waals surface area contributed by atoms with Gasteiger partial charge in [-0.05, 0) is 67.5 Å². The number of primary amides is 1. The number of nitrogens with one attached hydrogen (secondary N) is 6. The van der Waals surface area contributed by atoms with Crippen LogP contribution in [0.2, 0.25) is 0 Å². The van der Waals surface area contributed by atoms with Gasteiger partial charge in [-0.15, -0.1) is 0 Å². The summed E-state index contributed by atoms with van der Waals surface area (Å²) in [6, 6.07) is 18.5. The molecule has 4 aromatic rings. The van der Waals surface area contributed by atoms with E-state index in [0.29, 0.717) is 28.6 Å². The Morgan fingerprint density at radius 2 is 1.41 bits per heavy atom. The third-order valence-corrected chi connectivity index (χ3v) is 11.1. The second-order valence-electron chi connectivity index (χ2n) is 17.1. The average Bonchev–Trinajstić information content (AvgIpc) is 3.68. The maximum Gasteiger partial charge on any atom is 0.408 e. The van der Waals surface area contributed by atoms with E-state index in [1.807, 2.05) is 6.07 Å². The maximum atomic E-state index is 13.8. The number of anilines is 1. The topological polar surface area (TPSA) is 305 Å². The van der Waals surface area contributed by atoms with Gasteiger partial charge in [-0.1, -0.05) is 56.3 Å². The van der Waals surface area contributed by atoms with Gasteiger partial charge in [0.15, 0.2) is 0 Å². The number of alkyl carbamates (subject to hydrolysis) is 1. The number of benzene rings is 3. The molecule has 1 aromatic heterocycles. The minimum Gasteiger partial charge on any atom is -0.476 e. The Morgan fingerprint density at radius 3 is 2.08 bits per heavy atom. The van der Waals surface area contributed by atoms with Crippen LogP contribution in [0.1, 0.15) is 62.3 Å². The molecular formula is C51H62N8O14. The highest BCUT2D eigenvalue weighted by molar-refractivity contribution is 6.12. The van der Waals surface area contributed by atoms with Crippen LogP contribution in [0.5, 0.6) is 5.75 Å². The predicted octanol–water partition coefficient (Wildman–Crippen LogP) is 3.02. The Hall–Kier alpha value is -8.11. The van der Waals surface area contributed by atoms with Gasteiger partial charge < -0.3 is 61.0 Å². The van der Waals surface area contributed by atoms with Crippen LogP contribution in [0.15, 0.2) is 100 Å². The number of carbonyl (C=O) groups is 8. The van der Waals surface area contributed by atoms with Crippen molar-refractivity contribution in [3.05, 3.63) is 118 Å². The normalized spacial score (nSPS) is 13.2. The number of imide groups is 1. The minimum absolute atomic E-state index is 0.0194. The van der Waals surface area contributed by atoms with Crippen molar-refractivity contribution in [2.45, 2.75) is 71.2 Å². The summed E-state index contributed by atoms with van der Waals surface area (Å²) in [5.74, 6) is -3.00. The van der Waals surface area contributed by atoms with Crippen molar-refractivity contribution in [3.63, 3.8) is 0 Å². The molecule has 5 rings (SSSR count). The zero-order valence-corrected chi connectivity index (χ0v) is 40.9. The zero-order chi connectivity index (χ0) is 52.7. The molecule has 3 unspecified atom stereocenters. The molecule has 3 aromatic carbocycles. The summed E-state index contributed by atoms with van der Waals surface area (Å²) < 4.78 is 28.1. The second-order valence-corrected chi connectivity index (χ2v) is 17.1. The first-order valence-electron chi connectivity index (χ1n) is 23.7. The van der Waals surface area contributed by atoms with Gasteiger partial charge >= 0.3 is 17.7 Å². The fraction of sp³-hybridized carbons (Fsp3) is 0.392. The van der Waals surface area contributed by atoms with Crippen molar-refractivity contribution in [1.82, 2.24) is 31.5 Å². The molecule has 3 atom stereocenters. The fourth-order valence-electron chi connectivity index (χ4n) is 7.29. The second kappa shape index (κ2) is 28.7. The van der Waals surface area contributed by atoms with Gasteiger partial charge in [0.25, 0.3) is 17.7 Å². The predicted molar refractivity (Wildman–Crippen MR) is 266 cm³/mol. The lowest BCUT2D eigenvalue weighted by Crippen LogP contribution is -2.54. The Balaban J connectivity index is 1.16. The highest BCUT2D eigenvalue weighted by atomic mass is 16.5. The van der Waals surface area contributed by atoms with Crippen LogP contribution >= 0.6 is 0 Å². The monoisotopic (exact) mass is 1010 g/mol. The lowest BCUT2D eigenvalue weighted by atomic mass is 10.0. The molecule has 0 saturated heterocycles. The summed E-state index contributed by atoms with van der Waals surface area (Å²) >= 11 is 0. The molecule has 2 heterocycles. The third kappa shape index (κ3) is 18.5. The van der Waals surface area contributed by atoms with Crippen LogP contribution in [0.3, 0.4) is 0 Å². The molecule has 390 valence electrons. The molecule has 22 heteroatoms. The van der Waals surface area contributed by atoms with Gasteiger partial charge in [-0.3, -0.25) is 33.7 Å². The van der Waals surface area contributed by atoms with Crippen LogP contribution in [-0.2, 0) is 49.6 Å². The number of carbonyl (C=O) groups excluding carboxylic acids is 8. The number of rotatable bonds is 29. The van der Waals surface area contributed by atoms with Gasteiger partial charge in [0.2, 0.25) is 23.8 Å². The standard InChI is InChI=1S/C51H62N8O14/c1-32(2)45(58-51(68)71-31-34-9-5-4-6-10-34)48(65)57-39(11-7-21-55-50(52)67)47(64)56-36-15-13-35(14-16-36)46(72-37-17-18-38-33(3)29-44(63)73-40(38)30-37)49(66)54-23-26-70-28-27-69-25-22-53-41(60)12-8-24-59-42(61)19-20-43(59)62/h4-6,9-10,13-20,29-30,32,39,45-46H,7-8,11-12,21-28,31H2,1-3H3,(H,53,60)(H,54,66)(H,56,64)(H,57,65)(H,58,68)(H3,52,55,67). The molecule has 22 nitrogen and oxygen atoms in total. The average molecular weight is 1010 g/mol. The summed E-state index contributed by atoms with van der Waals surface area (Å²) in [5.41, 5.74) is 7.05. The number of urea groups is 1. The number of nitrogens with two attached hydrogens (primary N) is 1. The molecule has 1 aliphatic heterocycles. The van der Waals surface area contributed by atoms with Crippen molar-refractivity contribution in [3.8, 4) is 5.75 Å². The smallest absolute Gasteiger partial charge is 0.408 e. The van der Waals surface area contributed by atoms with Crippen LogP contribution in [0.4, 0.5) is 15.3 Å². The van der Waals surface area contributed by atoms with Crippen LogP contribution in [-0.4, -0.2) is 117 Å². The van der Waals surface area contributed by atoms with E-state index in [0.717, 1.165) is 10.5 Å². The Labute approximate surface area is 421 Å². The molecule has 73 heavy (non-hydrogen) atoms. The lowest BCUT2D eigenvalue weighted by Gasteiger charge is -2.25. The van der Waals surface area contributed by atoms with E-state index in [1.165, 1.54) is 24.3 Å². The van der Waals surface area contributed by atoms with Gasteiger partial charge in [-0.2, -0.15) is 0 Å². The molecule has 0 radical (unpaired) electrons. The molecule has 0 aliphatic carbocycles. The van der Waals surface area contributed by atoms with Crippen molar-refractivity contribution in [2.24, 2.45) is 11.7 Å². The van der Waals surface area contributed by atoms with E-state index in [9.17, 15) is 43.2 Å². The van der Waals surface area contributed by atoms with Gasteiger partial charge in [0.1, 0.15) is 30.0 Å². The first-order chi connectivity index (χ1) is 35.1. The summed E-state index contributed by atoms with van der Waals surface area (Å²) in [7, 11) is 0. The first-order valence-corrected chi connectivity index (χ1v) is 23.7. The number of amides is 9. The van der Waals surface area contributed by atoms with Crippen molar-refractivity contribution in [1.29, 1.82) is 0 Å². The quantitative estimate of drug-likeness (QED) is 0.0234. The van der Waals surface area contributed by atoms with Crippen molar-refractivity contribution >= 4 is 64.2 Å². The van der Waals surface area contributed by atoms with Crippen LogP contribution in [0.25, 0.3) is 11.0 Å². The van der Waals surface area contributed by atoms with Crippen LogP contribution < -0.4 is 48.0 Å². The van der Waals surface area contributed by atoms with Crippen molar-refractivity contribution < 1.29 is 61.7 Å². The zero-order valence-electron chi connectivity index (χ0n) is 40.9. The molecular weight excluding hydrogens is 949 g/mol. The Bertz CT molecular complexity index is 2620. The summed E-state index contributed by atoms with van der Waals surface area (Å²) in [6.45, 7) is 6.55. The fourth-order valence-corrected chi connectivity index (χ4v) is 7.29. The Kier molecular flexibility index (Phi) is 21.9. The largest absolute Gasteiger partial charge is 0.476 e. The SMILES string of the molecule is Cc1cc(=O)oc2cc(OC(C(=O)NCCOCCOCCNC(=O)CCCN3C(=O)C=CC3=O)c3ccc(NC(=O)C(CCCNC(N)=O)NC(=O)C(NC(=O)OCc4ccccc4)C(C)C)cc3)ccc12. The van der Waals surface area contributed by atoms with Gasteiger partial charge in [0, 0.05) is 73.5 Å². The number of fused-ring (bicyclic) bond motifs is 1. The molecule has 0 spiro atoms. The van der Waals surface area contributed by atoms with E-state index >= 15 is 0 Å². The number of aryl methyl sites for hydroxylation is 1. The maximum absolute atomic E-state index is 13.8. The molecule has 0 fully saturated rings. The first kappa shape index (κ1) is 55.8. The van der Waals surface area contributed by atoms with E-state index in [4.69, 9.17) is 29.1 Å². The van der Waals surface area contributed by atoms with E-state index in [1.54, 1.807) is 81.4 Å². The number of hydrogen-bond donors (Lipinski definition) is 7. The van der Waals surface area contributed by atoms with E-state index < -0.39 is 71.4 Å². The highest BCUT2D eigenvalue weighted by Gasteiger charge is 2.30. The Morgan fingerprint density at radius 1 is 0.726 bits per heavy atom. The summed E-state index contributed by atoms with van der Waals surface area (Å²) in [4.78, 5) is 114. The minimum atomic E-state index is -1.25. The van der Waals surface area contributed by atoms with Gasteiger partial charge in [0.05, 0.1) is 26.4 Å². The number of hydrogen-bond acceptors (Lipinski definition) is 14. The highest BCUT2D eigenvalue weighted by Crippen LogP contribution is 2.28. The molecule has 1 aliphatic rings. The number of nitrogens with zero attached hydrogens (tertiary/aromatic N) is 1. The molecule has 0 saturated carbocycles. The molecule has 0 bridgehead atoms. The van der Waals surface area contributed by atoms with Crippen LogP contribution in [0, 0.1) is 12.8 Å². The third-order valence-electron chi connectivity index (χ3n) is 11.1. The van der Waals surface area contributed by atoms with Crippen molar-refractivity contribution in [2.75, 3.05) is 57.9 Å². The molecule has 9 amide bonds. The van der Waals surface area contributed by atoms with E-state index in [2.05, 4.69) is 31.9 Å². The van der Waals surface area contributed by atoms with E-state index in [-0.39, 0.29) is 95.7 Å². The molecule has 8 N–H and O–H groups in total. The van der Waals surface area contributed by atoms with Gasteiger partial charge in [-0.25, -0.2) is 14.4 Å². The number of ether oxygens (including phenoxy) is 4. The summed E-state index contributed by atoms with van der Waals surface area (Å²) in [5, 5.41) is 16.7. The summed E-state index contributed by atoms with van der Waals surface area (Å²) in [6.07, 6.45) is 1.13.